The van der Waals surface area contributed by atoms with E-state index in [4.69, 9.17) is 4.74 Å². The normalized spacial score (nSPS) is 11.6. The second-order valence-electron chi connectivity index (χ2n) is 12.7. The molecule has 0 atom stereocenters. The molecule has 0 aliphatic carbocycles. The molecule has 0 radical (unpaired) electrons. The lowest BCUT2D eigenvalue weighted by Gasteiger charge is -2.12. The highest BCUT2D eigenvalue weighted by Crippen LogP contribution is 2.39. The number of H-pyrrole nitrogens is 1. The van der Waals surface area contributed by atoms with Crippen LogP contribution in [0, 0.1) is 0 Å². The molecule has 3 N–H and O–H groups in total. The summed E-state index contributed by atoms with van der Waals surface area (Å²) in [4.78, 5) is 88.0. The molecule has 254 valence electrons. The molecule has 9 aromatic rings. The Morgan fingerprint density at radius 1 is 0.472 bits per heavy atom. The van der Waals surface area contributed by atoms with Gasteiger partial charge in [0.05, 0.1) is 56.4 Å². The van der Waals surface area contributed by atoms with E-state index in [0.29, 0.717) is 21.9 Å². The Kier molecular flexibility index (Phi) is 7.03. The molecule has 0 saturated carbocycles. The van der Waals surface area contributed by atoms with Crippen LogP contribution >= 0.6 is 0 Å². The average Bonchev–Trinajstić information content (AvgIpc) is 3.56. The maximum absolute atomic E-state index is 14.6. The van der Waals surface area contributed by atoms with Gasteiger partial charge >= 0.3 is 0 Å². The molecule has 8 aromatic carbocycles. The Bertz CT molecular complexity index is 3270. The first-order valence-corrected chi connectivity index (χ1v) is 16.6. The van der Waals surface area contributed by atoms with Crippen LogP contribution in [-0.4, -0.2) is 23.9 Å². The number of carbonyl (C=O) groups excluding carboxylic acids is 2. The summed E-state index contributed by atoms with van der Waals surface area (Å²) >= 11 is 0. The Morgan fingerprint density at radius 3 is 1.42 bits per heavy atom. The van der Waals surface area contributed by atoms with Gasteiger partial charge in [-0.15, -0.1) is 0 Å². The van der Waals surface area contributed by atoms with E-state index in [-0.39, 0.29) is 71.2 Å². The summed E-state index contributed by atoms with van der Waals surface area (Å²) in [6.45, 7) is 0. The van der Waals surface area contributed by atoms with E-state index in [0.717, 1.165) is 0 Å². The smallest absolute Gasteiger partial charge is 0.255 e. The fourth-order valence-electron chi connectivity index (χ4n) is 7.40. The van der Waals surface area contributed by atoms with Crippen LogP contribution in [0.2, 0.25) is 0 Å². The molecule has 2 amide bonds. The summed E-state index contributed by atoms with van der Waals surface area (Å²) in [7, 11) is 1.40. The molecule has 0 aliphatic heterocycles. The standard InChI is InChI=1S/C43H25N3O7/c1-53-30-18-10-17-25-31(30)41(50)35-33(40(25)49)29(45-43(52)22-13-6-3-7-14-22)20-27-26-19-28(44-42(51)21-11-4-2-5-12-21)32-34(36(26)46-37(27)35)39(48)24-16-9-8-15-23(24)38(32)47/h2-20,46H,1H3,(H,44,51)(H,45,52). The van der Waals surface area contributed by atoms with Crippen LogP contribution < -0.4 is 37.1 Å². The Labute approximate surface area is 297 Å². The van der Waals surface area contributed by atoms with Crippen molar-refractivity contribution in [2.45, 2.75) is 0 Å². The second kappa shape index (κ2) is 11.8. The largest absolute Gasteiger partial charge is 0.496 e. The summed E-state index contributed by atoms with van der Waals surface area (Å²) in [5.74, 6) is -0.840. The monoisotopic (exact) mass is 695 g/mol. The van der Waals surface area contributed by atoms with Gasteiger partial charge in [0, 0.05) is 38.1 Å². The molecule has 0 saturated heterocycles. The summed E-state index contributed by atoms with van der Waals surface area (Å²) in [6, 6.07) is 31.1. The number of hydrogen-bond donors (Lipinski definition) is 3. The number of ether oxygens (including phenoxy) is 1. The first kappa shape index (κ1) is 31.5. The third-order valence-corrected chi connectivity index (χ3v) is 9.81. The van der Waals surface area contributed by atoms with Gasteiger partial charge < -0.3 is 20.4 Å². The van der Waals surface area contributed by atoms with Crippen molar-refractivity contribution >= 4 is 88.1 Å². The first-order valence-electron chi connectivity index (χ1n) is 16.6. The van der Waals surface area contributed by atoms with Crippen molar-refractivity contribution in [1.82, 2.24) is 4.98 Å². The lowest BCUT2D eigenvalue weighted by Crippen LogP contribution is -2.18. The van der Waals surface area contributed by atoms with E-state index >= 15 is 0 Å². The number of fused-ring (bicyclic) bond motifs is 9. The SMILES string of the molecule is COc1cccc2c(=O)c3c(NC(=O)c4ccccc4)cc4c5cc(NC(=O)c6ccccc6)c6c(=O)c7ccccc7c(=O)c6c5[nH]c4c3c(=O)c12. The van der Waals surface area contributed by atoms with E-state index in [1.165, 1.54) is 13.2 Å². The van der Waals surface area contributed by atoms with Gasteiger partial charge in [-0.25, -0.2) is 0 Å². The zero-order valence-corrected chi connectivity index (χ0v) is 27.8. The van der Waals surface area contributed by atoms with Gasteiger partial charge in [-0.2, -0.15) is 0 Å². The molecule has 0 spiro atoms. The fraction of sp³-hybridized carbons (Fsp3) is 0.0233. The summed E-state index contributed by atoms with van der Waals surface area (Å²) in [5, 5.41) is 6.86. The molecule has 53 heavy (non-hydrogen) atoms. The van der Waals surface area contributed by atoms with Gasteiger partial charge in [-0.1, -0.05) is 72.8 Å². The second-order valence-corrected chi connectivity index (χ2v) is 12.7. The average molecular weight is 696 g/mol. The van der Waals surface area contributed by atoms with Crippen molar-refractivity contribution < 1.29 is 14.3 Å². The van der Waals surface area contributed by atoms with Crippen molar-refractivity contribution in [1.29, 1.82) is 0 Å². The van der Waals surface area contributed by atoms with E-state index in [2.05, 4.69) is 15.6 Å². The van der Waals surface area contributed by atoms with Crippen LogP contribution in [0.4, 0.5) is 11.4 Å². The van der Waals surface area contributed by atoms with E-state index in [1.807, 2.05) is 0 Å². The molecular formula is C43H25N3O7. The molecule has 9 rings (SSSR count). The van der Waals surface area contributed by atoms with Gasteiger partial charge in [-0.3, -0.25) is 28.8 Å². The molecule has 0 bridgehead atoms. The molecule has 10 nitrogen and oxygen atoms in total. The number of aromatic amines is 1. The fourth-order valence-corrected chi connectivity index (χ4v) is 7.40. The lowest BCUT2D eigenvalue weighted by molar-refractivity contribution is 0.101. The summed E-state index contributed by atoms with van der Waals surface area (Å²) in [6.07, 6.45) is 0. The van der Waals surface area contributed by atoms with Crippen molar-refractivity contribution in [3.63, 3.8) is 0 Å². The van der Waals surface area contributed by atoms with Crippen LogP contribution in [0.25, 0.3) is 64.9 Å². The number of rotatable bonds is 5. The summed E-state index contributed by atoms with van der Waals surface area (Å²) < 4.78 is 5.52. The Balaban J connectivity index is 1.46. The van der Waals surface area contributed by atoms with Gasteiger partial charge in [0.25, 0.3) is 11.8 Å². The molecule has 1 aromatic heterocycles. The van der Waals surface area contributed by atoms with Crippen molar-refractivity contribution in [2.75, 3.05) is 17.7 Å². The number of hydrogen-bond acceptors (Lipinski definition) is 7. The molecule has 1 heterocycles. The van der Waals surface area contributed by atoms with Crippen molar-refractivity contribution in [2.24, 2.45) is 0 Å². The minimum absolute atomic E-state index is 0.00180. The third kappa shape index (κ3) is 4.66. The number of carbonyl (C=O) groups is 2. The first-order chi connectivity index (χ1) is 25.8. The number of benzene rings is 8. The predicted octanol–water partition coefficient (Wildman–Crippen LogP) is 6.76. The van der Waals surface area contributed by atoms with Gasteiger partial charge in [0.1, 0.15) is 5.75 Å². The maximum atomic E-state index is 14.6. The van der Waals surface area contributed by atoms with Gasteiger partial charge in [0.15, 0.2) is 21.7 Å². The highest BCUT2D eigenvalue weighted by Gasteiger charge is 2.26. The third-order valence-electron chi connectivity index (χ3n) is 9.81. The lowest BCUT2D eigenvalue weighted by atomic mass is 9.96. The number of aromatic nitrogens is 1. The van der Waals surface area contributed by atoms with E-state index < -0.39 is 33.5 Å². The molecule has 10 heteroatoms. The number of amides is 2. The quantitative estimate of drug-likeness (QED) is 0.168. The zero-order valence-electron chi connectivity index (χ0n) is 27.8. The van der Waals surface area contributed by atoms with Crippen LogP contribution in [0.1, 0.15) is 20.7 Å². The topological polar surface area (TPSA) is 151 Å². The molecular weight excluding hydrogens is 670 g/mol. The van der Waals surface area contributed by atoms with Crippen molar-refractivity contribution in [3.05, 3.63) is 167 Å². The number of nitrogens with one attached hydrogen (secondary N) is 3. The Hall–Kier alpha value is -7.46. The zero-order chi connectivity index (χ0) is 36.5. The van der Waals surface area contributed by atoms with Crippen LogP contribution in [-0.2, 0) is 0 Å². The molecule has 0 fully saturated rings. The van der Waals surface area contributed by atoms with Crippen LogP contribution in [0.5, 0.6) is 5.75 Å². The minimum atomic E-state index is -0.543. The predicted molar refractivity (Wildman–Crippen MR) is 209 cm³/mol. The van der Waals surface area contributed by atoms with Crippen LogP contribution in [0.3, 0.4) is 0 Å². The summed E-state index contributed by atoms with van der Waals surface area (Å²) in [5.41, 5.74) is -0.784. The highest BCUT2D eigenvalue weighted by molar-refractivity contribution is 6.29. The highest BCUT2D eigenvalue weighted by atomic mass is 16.5. The molecule has 0 aliphatic rings. The van der Waals surface area contributed by atoms with Gasteiger partial charge in [-0.05, 0) is 42.5 Å². The maximum Gasteiger partial charge on any atom is 0.255 e. The van der Waals surface area contributed by atoms with E-state index in [1.54, 1.807) is 109 Å². The minimum Gasteiger partial charge on any atom is -0.496 e. The number of anilines is 2. The van der Waals surface area contributed by atoms with E-state index in [9.17, 15) is 28.8 Å². The van der Waals surface area contributed by atoms with Gasteiger partial charge in [0.2, 0.25) is 0 Å². The van der Waals surface area contributed by atoms with Crippen molar-refractivity contribution in [3.8, 4) is 5.75 Å². The Morgan fingerprint density at radius 2 is 0.906 bits per heavy atom. The number of methoxy groups -OCH3 is 1. The molecule has 0 unspecified atom stereocenters. The van der Waals surface area contributed by atoms with Crippen LogP contribution in [0.15, 0.2) is 134 Å².